The van der Waals surface area contributed by atoms with Crippen molar-refractivity contribution < 1.29 is 32.8 Å². The minimum Gasteiger partial charge on any atom is -0.389 e. The standard InChI is InChI=1S/C16H18F2N5O5P/c17-16(18)3-1-2-8(16)22-14-15-19-4-7(23(15)21-5-20-14)11-10(24)9-12(13(9)28-11)27-6-29(25)26/h4-5,8-13,24H,1-3,6H2,(H-,20,21,22,25,26)/p+1/t8?,9-,10-,11+,12?,13+/m1/s1. The Morgan fingerprint density at radius 2 is 2.28 bits per heavy atom. The summed E-state index contributed by atoms with van der Waals surface area (Å²) >= 11 is 0. The van der Waals surface area contributed by atoms with Crippen LogP contribution in [0, 0.1) is 5.92 Å². The van der Waals surface area contributed by atoms with E-state index in [4.69, 9.17) is 14.4 Å². The van der Waals surface area contributed by atoms with Gasteiger partial charge >= 0.3 is 8.03 Å². The summed E-state index contributed by atoms with van der Waals surface area (Å²) in [5, 5.41) is 17.5. The van der Waals surface area contributed by atoms with Gasteiger partial charge in [0.05, 0.1) is 36.2 Å². The number of rotatable bonds is 6. The SMILES string of the molecule is O=[P+](O)COC1[C@H]2[C@@H](O)[C@H](c3cnc4c(NC5CCCC5(F)F)ncnn34)O[C@H]12. The normalized spacial score (nSPS) is 35.7. The minimum absolute atomic E-state index is 0.162. The van der Waals surface area contributed by atoms with Crippen molar-refractivity contribution in [1.82, 2.24) is 19.6 Å². The molecule has 3 aliphatic rings. The Hall–Kier alpha value is -1.85. The monoisotopic (exact) mass is 430 g/mol. The van der Waals surface area contributed by atoms with E-state index in [0.717, 1.165) is 0 Å². The van der Waals surface area contributed by atoms with Gasteiger partial charge in [-0.3, -0.25) is 0 Å². The van der Waals surface area contributed by atoms with Gasteiger partial charge in [0.2, 0.25) is 0 Å². The number of alkyl halides is 2. The molecule has 1 aliphatic heterocycles. The Bertz CT molecular complexity index is 961. The lowest BCUT2D eigenvalue weighted by Crippen LogP contribution is -2.34. The second-order valence-corrected chi connectivity index (χ2v) is 8.54. The fourth-order valence-corrected chi connectivity index (χ4v) is 4.59. The van der Waals surface area contributed by atoms with Crippen molar-refractivity contribution in [2.75, 3.05) is 11.7 Å². The summed E-state index contributed by atoms with van der Waals surface area (Å²) in [6.07, 6.45) is 0.568. The van der Waals surface area contributed by atoms with E-state index in [2.05, 4.69) is 20.4 Å². The molecule has 2 aromatic heterocycles. The first-order valence-electron chi connectivity index (χ1n) is 9.28. The molecular formula is C16H19F2N5O5P+. The molecule has 0 amide bonds. The molecular weight excluding hydrogens is 411 g/mol. The second kappa shape index (κ2) is 6.85. The lowest BCUT2D eigenvalue weighted by Gasteiger charge is -2.21. The zero-order chi connectivity index (χ0) is 20.3. The molecule has 3 unspecified atom stereocenters. The summed E-state index contributed by atoms with van der Waals surface area (Å²) in [6, 6.07) is -1.02. The first-order valence-corrected chi connectivity index (χ1v) is 10.7. The van der Waals surface area contributed by atoms with Gasteiger partial charge in [0.15, 0.2) is 11.5 Å². The minimum atomic E-state index is -2.81. The van der Waals surface area contributed by atoms with Crippen LogP contribution in [0.5, 0.6) is 0 Å². The van der Waals surface area contributed by atoms with E-state index < -0.39 is 38.3 Å². The van der Waals surface area contributed by atoms with Gasteiger partial charge in [-0.15, -0.1) is 0 Å². The summed E-state index contributed by atoms with van der Waals surface area (Å²) in [4.78, 5) is 17.1. The van der Waals surface area contributed by atoms with E-state index in [-0.39, 0.29) is 36.3 Å². The third kappa shape index (κ3) is 3.19. The molecule has 10 nitrogen and oxygen atoms in total. The average Bonchev–Trinajstić information content (AvgIpc) is 2.93. The zero-order valence-electron chi connectivity index (χ0n) is 15.1. The molecule has 0 spiro atoms. The number of anilines is 1. The topological polar surface area (TPSA) is 131 Å². The van der Waals surface area contributed by atoms with Crippen molar-refractivity contribution in [1.29, 1.82) is 0 Å². The number of nitrogens with one attached hydrogen (secondary N) is 1. The predicted octanol–water partition coefficient (Wildman–Crippen LogP) is 1.23. The number of hydrogen-bond donors (Lipinski definition) is 3. The Labute approximate surface area is 164 Å². The van der Waals surface area contributed by atoms with Crippen LogP contribution in [0.4, 0.5) is 14.6 Å². The Balaban J connectivity index is 1.35. The van der Waals surface area contributed by atoms with E-state index >= 15 is 0 Å². The number of aliphatic hydroxyl groups excluding tert-OH is 1. The van der Waals surface area contributed by atoms with Gasteiger partial charge in [0.25, 0.3) is 12.3 Å². The summed E-state index contributed by atoms with van der Waals surface area (Å²) in [6.45, 7) is 0. The number of hydrogen-bond acceptors (Lipinski definition) is 8. The van der Waals surface area contributed by atoms with Gasteiger partial charge in [-0.2, -0.15) is 9.99 Å². The molecule has 13 heteroatoms. The molecule has 3 fully saturated rings. The van der Waals surface area contributed by atoms with E-state index in [9.17, 15) is 18.5 Å². The lowest BCUT2D eigenvalue weighted by atomic mass is 10.1. The Morgan fingerprint density at radius 1 is 1.45 bits per heavy atom. The molecule has 1 saturated heterocycles. The molecule has 3 N–H and O–H groups in total. The predicted molar refractivity (Wildman–Crippen MR) is 93.7 cm³/mol. The third-order valence-corrected chi connectivity index (χ3v) is 6.14. The number of nitrogens with zero attached hydrogens (tertiary/aromatic N) is 4. The molecule has 7 atom stereocenters. The molecule has 0 radical (unpaired) electrons. The quantitative estimate of drug-likeness (QED) is 0.579. The molecule has 2 aromatic rings. The summed E-state index contributed by atoms with van der Waals surface area (Å²) in [5.74, 6) is -2.92. The molecule has 29 heavy (non-hydrogen) atoms. The number of halogens is 2. The highest BCUT2D eigenvalue weighted by molar-refractivity contribution is 7.37. The van der Waals surface area contributed by atoms with Gasteiger partial charge in [0.1, 0.15) is 12.4 Å². The van der Waals surface area contributed by atoms with Crippen LogP contribution < -0.4 is 5.32 Å². The highest BCUT2D eigenvalue weighted by Gasteiger charge is 2.66. The van der Waals surface area contributed by atoms with Crippen LogP contribution in [-0.2, 0) is 14.0 Å². The van der Waals surface area contributed by atoms with Crippen molar-refractivity contribution in [3.05, 3.63) is 18.2 Å². The van der Waals surface area contributed by atoms with Gasteiger partial charge in [-0.1, -0.05) is 0 Å². The number of ether oxygens (including phenoxy) is 2. The molecule has 3 heterocycles. The molecule has 0 bridgehead atoms. The Morgan fingerprint density at radius 3 is 2.93 bits per heavy atom. The van der Waals surface area contributed by atoms with Crippen LogP contribution in [0.2, 0.25) is 0 Å². The fraction of sp³-hybridized carbons (Fsp3) is 0.688. The maximum atomic E-state index is 14.0. The maximum Gasteiger partial charge on any atom is 0.534 e. The van der Waals surface area contributed by atoms with Crippen LogP contribution in [0.15, 0.2) is 12.5 Å². The van der Waals surface area contributed by atoms with E-state index in [0.29, 0.717) is 18.5 Å². The molecule has 2 saturated carbocycles. The highest BCUT2D eigenvalue weighted by atomic mass is 31.1. The summed E-state index contributed by atoms with van der Waals surface area (Å²) < 4.78 is 51.2. The van der Waals surface area contributed by atoms with Crippen LogP contribution in [0.25, 0.3) is 5.65 Å². The first kappa shape index (κ1) is 19.1. The van der Waals surface area contributed by atoms with E-state index in [1.54, 1.807) is 0 Å². The second-order valence-electron chi connectivity index (χ2n) is 7.58. The fourth-order valence-electron chi connectivity index (χ4n) is 4.29. The molecule has 5 rings (SSSR count). The van der Waals surface area contributed by atoms with Crippen molar-refractivity contribution in [3.63, 3.8) is 0 Å². The van der Waals surface area contributed by atoms with Crippen LogP contribution >= 0.6 is 8.03 Å². The van der Waals surface area contributed by atoms with Gasteiger partial charge in [0, 0.05) is 12.3 Å². The van der Waals surface area contributed by atoms with Crippen molar-refractivity contribution in [2.24, 2.45) is 5.92 Å². The van der Waals surface area contributed by atoms with Crippen LogP contribution in [0.3, 0.4) is 0 Å². The van der Waals surface area contributed by atoms with E-state index in [1.807, 2.05) is 0 Å². The summed E-state index contributed by atoms with van der Waals surface area (Å²) in [5.41, 5.74) is 0.738. The van der Waals surface area contributed by atoms with Crippen LogP contribution in [0.1, 0.15) is 31.1 Å². The lowest BCUT2D eigenvalue weighted by molar-refractivity contribution is -0.0450. The third-order valence-electron chi connectivity index (χ3n) is 5.77. The molecule has 2 aliphatic carbocycles. The van der Waals surface area contributed by atoms with Gasteiger partial charge < -0.3 is 19.9 Å². The highest BCUT2D eigenvalue weighted by Crippen LogP contribution is 2.53. The zero-order valence-corrected chi connectivity index (χ0v) is 16.0. The van der Waals surface area contributed by atoms with Crippen molar-refractivity contribution in [2.45, 2.75) is 55.6 Å². The maximum absolute atomic E-state index is 14.0. The first-order chi connectivity index (χ1) is 13.9. The summed E-state index contributed by atoms with van der Waals surface area (Å²) in [7, 11) is -2.41. The average molecular weight is 430 g/mol. The number of fused-ring (bicyclic) bond motifs is 2. The molecule has 156 valence electrons. The van der Waals surface area contributed by atoms with Crippen molar-refractivity contribution in [3.8, 4) is 0 Å². The number of aromatic nitrogens is 4. The smallest absolute Gasteiger partial charge is 0.389 e. The largest absolute Gasteiger partial charge is 0.534 e. The Kier molecular flexibility index (Phi) is 4.52. The van der Waals surface area contributed by atoms with Gasteiger partial charge in [-0.05, 0) is 17.4 Å². The van der Waals surface area contributed by atoms with Crippen molar-refractivity contribution >= 4 is 19.5 Å². The number of imidazole rings is 1. The van der Waals surface area contributed by atoms with Crippen LogP contribution in [-0.4, -0.2) is 66.2 Å². The van der Waals surface area contributed by atoms with E-state index in [1.165, 1.54) is 17.0 Å². The number of aliphatic hydroxyl groups is 1. The molecule has 0 aromatic carbocycles. The van der Waals surface area contributed by atoms with Gasteiger partial charge in [-0.25, -0.2) is 23.3 Å².